The third kappa shape index (κ3) is 2.64. The Balaban J connectivity index is 1.73. The number of nitrogens with one attached hydrogen (secondary N) is 1. The average molecular weight is 344 g/mol. The third-order valence-corrected chi connectivity index (χ3v) is 5.60. The van der Waals surface area contributed by atoms with Gasteiger partial charge in [0.2, 0.25) is 5.91 Å². The van der Waals surface area contributed by atoms with Crippen LogP contribution in [0.5, 0.6) is 0 Å². The molecule has 0 saturated heterocycles. The molecule has 2 aromatic carbocycles. The van der Waals surface area contributed by atoms with Gasteiger partial charge in [0.15, 0.2) is 0 Å². The summed E-state index contributed by atoms with van der Waals surface area (Å²) in [5, 5.41) is 1.21. The van der Waals surface area contributed by atoms with E-state index in [1.807, 2.05) is 24.0 Å². The van der Waals surface area contributed by atoms with Gasteiger partial charge in [-0.15, -0.1) is 0 Å². The van der Waals surface area contributed by atoms with Gasteiger partial charge in [0.05, 0.1) is 6.04 Å². The van der Waals surface area contributed by atoms with Gasteiger partial charge in [-0.25, -0.2) is 0 Å². The molecule has 1 amide bonds. The minimum Gasteiger partial charge on any atom is -0.358 e. The third-order valence-electron chi connectivity index (χ3n) is 5.60. The van der Waals surface area contributed by atoms with E-state index in [-0.39, 0.29) is 11.9 Å². The highest BCUT2D eigenvalue weighted by Gasteiger charge is 2.37. The van der Waals surface area contributed by atoms with Crippen LogP contribution >= 0.6 is 0 Å². The SMILES string of the molecule is CC1=C(C)[C@H](c2c(C)[nH]c3ccccc23)N(CCc2ccccc2)C1=O. The van der Waals surface area contributed by atoms with Crippen LogP contribution in [0.1, 0.15) is 36.7 Å². The van der Waals surface area contributed by atoms with Crippen LogP contribution in [0.4, 0.5) is 0 Å². The van der Waals surface area contributed by atoms with Crippen molar-refractivity contribution in [2.24, 2.45) is 0 Å². The molecule has 0 fully saturated rings. The highest BCUT2D eigenvalue weighted by atomic mass is 16.2. The number of para-hydroxylation sites is 1. The van der Waals surface area contributed by atoms with E-state index < -0.39 is 0 Å². The number of H-pyrrole nitrogens is 1. The van der Waals surface area contributed by atoms with Gasteiger partial charge in [0, 0.05) is 34.3 Å². The van der Waals surface area contributed by atoms with E-state index in [1.54, 1.807) is 0 Å². The van der Waals surface area contributed by atoms with Crippen molar-refractivity contribution in [3.8, 4) is 0 Å². The maximum absolute atomic E-state index is 12.9. The number of carbonyl (C=O) groups is 1. The van der Waals surface area contributed by atoms with Crippen LogP contribution in [0.2, 0.25) is 0 Å². The van der Waals surface area contributed by atoms with E-state index >= 15 is 0 Å². The smallest absolute Gasteiger partial charge is 0.250 e. The molecule has 4 rings (SSSR count). The summed E-state index contributed by atoms with van der Waals surface area (Å²) in [6.07, 6.45) is 0.866. The predicted octanol–water partition coefficient (Wildman–Crippen LogP) is 4.94. The number of aromatic nitrogens is 1. The Labute approximate surface area is 154 Å². The quantitative estimate of drug-likeness (QED) is 0.715. The van der Waals surface area contributed by atoms with Crippen LogP contribution in [0, 0.1) is 6.92 Å². The lowest BCUT2D eigenvalue weighted by Gasteiger charge is -2.27. The Bertz CT molecular complexity index is 997. The van der Waals surface area contributed by atoms with Crippen molar-refractivity contribution >= 4 is 16.8 Å². The summed E-state index contributed by atoms with van der Waals surface area (Å²) in [5.41, 5.74) is 6.81. The second-order valence-corrected chi connectivity index (χ2v) is 7.15. The first-order valence-electron chi connectivity index (χ1n) is 9.17. The van der Waals surface area contributed by atoms with Crippen molar-refractivity contribution in [1.82, 2.24) is 9.88 Å². The molecule has 2 heterocycles. The molecule has 0 aliphatic carbocycles. The van der Waals surface area contributed by atoms with Crippen LogP contribution in [-0.2, 0) is 11.2 Å². The van der Waals surface area contributed by atoms with Crippen molar-refractivity contribution in [3.05, 3.63) is 82.6 Å². The zero-order chi connectivity index (χ0) is 18.3. The number of nitrogens with zero attached hydrogens (tertiary/aromatic N) is 1. The summed E-state index contributed by atoms with van der Waals surface area (Å²) in [5.74, 6) is 0.160. The molecule has 1 aromatic heterocycles. The van der Waals surface area contributed by atoms with E-state index in [1.165, 1.54) is 16.5 Å². The zero-order valence-electron chi connectivity index (χ0n) is 15.5. The molecule has 0 bridgehead atoms. The van der Waals surface area contributed by atoms with Crippen molar-refractivity contribution in [1.29, 1.82) is 0 Å². The van der Waals surface area contributed by atoms with Crippen LogP contribution in [0.15, 0.2) is 65.7 Å². The van der Waals surface area contributed by atoms with Crippen molar-refractivity contribution in [3.63, 3.8) is 0 Å². The lowest BCUT2D eigenvalue weighted by Crippen LogP contribution is -2.32. The fourth-order valence-electron chi connectivity index (χ4n) is 4.09. The lowest BCUT2D eigenvalue weighted by atomic mass is 9.96. The van der Waals surface area contributed by atoms with Crippen LogP contribution < -0.4 is 0 Å². The van der Waals surface area contributed by atoms with Gasteiger partial charge in [0.25, 0.3) is 0 Å². The minimum atomic E-state index is 0.0161. The first-order chi connectivity index (χ1) is 12.6. The van der Waals surface area contributed by atoms with E-state index in [0.717, 1.165) is 35.3 Å². The number of rotatable bonds is 4. The fourth-order valence-corrected chi connectivity index (χ4v) is 4.09. The Hall–Kier alpha value is -2.81. The number of aryl methyl sites for hydroxylation is 1. The number of aromatic amines is 1. The summed E-state index contributed by atoms with van der Waals surface area (Å²) in [6.45, 7) is 6.89. The molecule has 0 spiro atoms. The lowest BCUT2D eigenvalue weighted by molar-refractivity contribution is -0.127. The number of benzene rings is 2. The molecule has 132 valence electrons. The Morgan fingerprint density at radius 2 is 1.65 bits per heavy atom. The average Bonchev–Trinajstić information content (AvgIpc) is 3.09. The van der Waals surface area contributed by atoms with E-state index in [2.05, 4.69) is 61.3 Å². The molecule has 1 aliphatic heterocycles. The normalized spacial score (nSPS) is 17.6. The molecular formula is C23H24N2O. The molecule has 0 unspecified atom stereocenters. The maximum atomic E-state index is 12.9. The van der Waals surface area contributed by atoms with Crippen molar-refractivity contribution < 1.29 is 4.79 Å². The molecule has 1 atom stereocenters. The van der Waals surface area contributed by atoms with E-state index in [4.69, 9.17) is 0 Å². The summed E-state index contributed by atoms with van der Waals surface area (Å²) in [6, 6.07) is 18.8. The molecule has 26 heavy (non-hydrogen) atoms. The topological polar surface area (TPSA) is 36.1 Å². The van der Waals surface area contributed by atoms with Crippen molar-refractivity contribution in [2.75, 3.05) is 6.54 Å². The van der Waals surface area contributed by atoms with Gasteiger partial charge in [-0.1, -0.05) is 48.5 Å². The highest BCUT2D eigenvalue weighted by Crippen LogP contribution is 2.41. The molecule has 3 aromatic rings. The largest absolute Gasteiger partial charge is 0.358 e. The zero-order valence-corrected chi connectivity index (χ0v) is 15.5. The second kappa shape index (κ2) is 6.49. The van der Waals surface area contributed by atoms with Gasteiger partial charge in [-0.2, -0.15) is 0 Å². The summed E-state index contributed by atoms with van der Waals surface area (Å²) in [7, 11) is 0. The number of amides is 1. The Morgan fingerprint density at radius 1 is 0.962 bits per heavy atom. The highest BCUT2D eigenvalue weighted by molar-refractivity contribution is 5.98. The van der Waals surface area contributed by atoms with Crippen molar-refractivity contribution in [2.45, 2.75) is 33.2 Å². The maximum Gasteiger partial charge on any atom is 0.250 e. The molecule has 3 nitrogen and oxygen atoms in total. The monoisotopic (exact) mass is 344 g/mol. The van der Waals surface area contributed by atoms with Crippen LogP contribution in [0.3, 0.4) is 0 Å². The first kappa shape index (κ1) is 16.6. The van der Waals surface area contributed by atoms with Crippen LogP contribution in [-0.4, -0.2) is 22.3 Å². The van der Waals surface area contributed by atoms with Gasteiger partial charge in [-0.3, -0.25) is 4.79 Å². The molecular weight excluding hydrogens is 320 g/mol. The molecule has 1 aliphatic rings. The molecule has 3 heteroatoms. The Morgan fingerprint density at radius 3 is 2.42 bits per heavy atom. The number of hydrogen-bond donors (Lipinski definition) is 1. The molecule has 1 N–H and O–H groups in total. The minimum absolute atomic E-state index is 0.0161. The van der Waals surface area contributed by atoms with E-state index in [9.17, 15) is 4.79 Å². The molecule has 0 saturated carbocycles. The standard InChI is InChI=1S/C23H24N2O/c1-15-16(2)23(26)25(14-13-18-9-5-4-6-10-18)22(15)21-17(3)24-20-12-8-7-11-19(20)21/h4-12,22,24H,13-14H2,1-3H3/t22-/m1/s1. The Kier molecular flexibility index (Phi) is 4.15. The predicted molar refractivity (Wildman–Crippen MR) is 106 cm³/mol. The summed E-state index contributed by atoms with van der Waals surface area (Å²) in [4.78, 5) is 18.5. The first-order valence-corrected chi connectivity index (χ1v) is 9.17. The number of fused-ring (bicyclic) bond motifs is 1. The fraction of sp³-hybridized carbons (Fsp3) is 0.261. The summed E-state index contributed by atoms with van der Waals surface area (Å²) >= 11 is 0. The van der Waals surface area contributed by atoms with Crippen LogP contribution in [0.25, 0.3) is 10.9 Å². The van der Waals surface area contributed by atoms with Gasteiger partial charge in [0.1, 0.15) is 0 Å². The van der Waals surface area contributed by atoms with Gasteiger partial charge in [-0.05, 0) is 44.4 Å². The molecule has 0 radical (unpaired) electrons. The second-order valence-electron chi connectivity index (χ2n) is 7.15. The number of carbonyl (C=O) groups excluding carboxylic acids is 1. The summed E-state index contributed by atoms with van der Waals surface area (Å²) < 4.78 is 0. The number of hydrogen-bond acceptors (Lipinski definition) is 1. The van der Waals surface area contributed by atoms with E-state index in [0.29, 0.717) is 0 Å². The van der Waals surface area contributed by atoms with Gasteiger partial charge < -0.3 is 9.88 Å². The van der Waals surface area contributed by atoms with Gasteiger partial charge >= 0.3 is 0 Å².